The van der Waals surface area contributed by atoms with E-state index in [0.29, 0.717) is 33.7 Å². The van der Waals surface area contributed by atoms with Gasteiger partial charge in [0.25, 0.3) is 0 Å². The monoisotopic (exact) mass is 469 g/mol. The molecule has 0 saturated heterocycles. The third kappa shape index (κ3) is 6.51. The fraction of sp³-hybridized carbons (Fsp3) is 0.217. The summed E-state index contributed by atoms with van der Waals surface area (Å²) in [4.78, 5) is 0. The molecule has 7 heteroatoms. The second-order valence-electron chi connectivity index (χ2n) is 6.49. The van der Waals surface area contributed by atoms with Crippen LogP contribution in [0.2, 0.25) is 10.0 Å². The molecule has 0 aliphatic heterocycles. The number of ether oxygens (including phenoxy) is 2. The van der Waals surface area contributed by atoms with Gasteiger partial charge in [-0.15, -0.1) is 12.4 Å². The molecule has 3 aromatic carbocycles. The van der Waals surface area contributed by atoms with E-state index in [4.69, 9.17) is 32.7 Å². The summed E-state index contributed by atoms with van der Waals surface area (Å²) in [6.07, 6.45) is 0.769. The van der Waals surface area contributed by atoms with Crippen molar-refractivity contribution in [2.24, 2.45) is 0 Å². The summed E-state index contributed by atoms with van der Waals surface area (Å²) in [5.41, 5.74) is 2.46. The van der Waals surface area contributed by atoms with E-state index in [2.05, 4.69) is 5.32 Å². The Hall–Kier alpha value is -1.98. The lowest BCUT2D eigenvalue weighted by Crippen LogP contribution is -2.17. The van der Waals surface area contributed by atoms with Gasteiger partial charge in [0, 0.05) is 27.7 Å². The molecule has 3 rings (SSSR count). The van der Waals surface area contributed by atoms with Crippen LogP contribution in [0.15, 0.2) is 60.7 Å². The van der Waals surface area contributed by atoms with Crippen molar-refractivity contribution in [3.63, 3.8) is 0 Å². The molecule has 1 N–H and O–H groups in total. The molecule has 0 spiro atoms. The molecule has 0 aromatic heterocycles. The second kappa shape index (κ2) is 12.0. The number of nitrogens with one attached hydrogen (secondary N) is 1. The number of benzene rings is 3. The molecule has 0 unspecified atom stereocenters. The Kier molecular flexibility index (Phi) is 9.73. The first-order valence-electron chi connectivity index (χ1n) is 9.25. The summed E-state index contributed by atoms with van der Waals surface area (Å²) in [5.74, 6) is 0.929. The molecule has 0 fully saturated rings. The summed E-state index contributed by atoms with van der Waals surface area (Å²) < 4.78 is 25.3. The molecule has 0 heterocycles. The van der Waals surface area contributed by atoms with Crippen LogP contribution in [0.1, 0.15) is 16.7 Å². The largest absolute Gasteiger partial charge is 0.493 e. The first-order valence-corrected chi connectivity index (χ1v) is 10.0. The molecule has 3 nitrogen and oxygen atoms in total. The summed E-state index contributed by atoms with van der Waals surface area (Å²) >= 11 is 12.2. The number of para-hydroxylation sites is 1. The smallest absolute Gasteiger partial charge is 0.166 e. The van der Waals surface area contributed by atoms with Crippen molar-refractivity contribution >= 4 is 35.6 Å². The Morgan fingerprint density at radius 1 is 0.933 bits per heavy atom. The Balaban J connectivity index is 0.00000320. The Morgan fingerprint density at radius 3 is 2.43 bits per heavy atom. The van der Waals surface area contributed by atoms with Gasteiger partial charge in [-0.25, -0.2) is 4.39 Å². The van der Waals surface area contributed by atoms with E-state index in [9.17, 15) is 4.39 Å². The summed E-state index contributed by atoms with van der Waals surface area (Å²) in [5, 5.41) is 4.68. The van der Waals surface area contributed by atoms with Crippen LogP contribution in [-0.2, 0) is 19.6 Å². The van der Waals surface area contributed by atoms with Crippen molar-refractivity contribution in [3.8, 4) is 11.5 Å². The van der Waals surface area contributed by atoms with Crippen LogP contribution < -0.4 is 14.8 Å². The van der Waals surface area contributed by atoms with Crippen LogP contribution in [0.25, 0.3) is 0 Å². The van der Waals surface area contributed by atoms with E-state index in [0.717, 1.165) is 24.1 Å². The molecule has 0 atom stereocenters. The molecular weight excluding hydrogens is 448 g/mol. The predicted octanol–water partition coefficient (Wildman–Crippen LogP) is 6.47. The van der Waals surface area contributed by atoms with Gasteiger partial charge in [-0.05, 0) is 42.8 Å². The number of halogens is 4. The van der Waals surface area contributed by atoms with Crippen LogP contribution in [0.3, 0.4) is 0 Å². The quantitative estimate of drug-likeness (QED) is 0.363. The van der Waals surface area contributed by atoms with Gasteiger partial charge in [-0.3, -0.25) is 0 Å². The number of hydrogen-bond acceptors (Lipinski definition) is 3. The van der Waals surface area contributed by atoms with Crippen molar-refractivity contribution in [2.45, 2.75) is 19.6 Å². The Morgan fingerprint density at radius 2 is 1.70 bits per heavy atom. The average Bonchev–Trinajstić information content (AvgIpc) is 2.72. The minimum absolute atomic E-state index is 0. The Labute approximate surface area is 192 Å². The van der Waals surface area contributed by atoms with Gasteiger partial charge in [0.05, 0.1) is 7.11 Å². The average molecular weight is 471 g/mol. The third-order valence-electron chi connectivity index (χ3n) is 4.51. The third-order valence-corrected chi connectivity index (χ3v) is 5.10. The van der Waals surface area contributed by atoms with Crippen LogP contribution >= 0.6 is 35.6 Å². The van der Waals surface area contributed by atoms with E-state index >= 15 is 0 Å². The molecule has 0 aliphatic rings. The zero-order chi connectivity index (χ0) is 20.6. The van der Waals surface area contributed by atoms with Gasteiger partial charge in [0.1, 0.15) is 12.4 Å². The molecule has 0 radical (unpaired) electrons. The molecule has 0 aliphatic carbocycles. The zero-order valence-corrected chi connectivity index (χ0v) is 18.8. The number of hydrogen-bond donors (Lipinski definition) is 1. The van der Waals surface area contributed by atoms with Crippen LogP contribution in [0.4, 0.5) is 4.39 Å². The topological polar surface area (TPSA) is 30.5 Å². The van der Waals surface area contributed by atoms with E-state index in [1.807, 2.05) is 30.3 Å². The van der Waals surface area contributed by atoms with Crippen molar-refractivity contribution in [3.05, 3.63) is 93.2 Å². The maximum atomic E-state index is 13.9. The van der Waals surface area contributed by atoms with Crippen molar-refractivity contribution in [1.29, 1.82) is 0 Å². The van der Waals surface area contributed by atoms with Gasteiger partial charge in [-0.1, -0.05) is 59.6 Å². The molecule has 0 saturated carbocycles. The SMILES string of the molecule is COc1cccc(CNCCc2ccc(Cl)cc2Cl)c1OCc1ccccc1F.Cl. The molecular formula is C23H23Cl3FNO2. The van der Waals surface area contributed by atoms with Crippen molar-refractivity contribution in [1.82, 2.24) is 5.32 Å². The van der Waals surface area contributed by atoms with Gasteiger partial charge < -0.3 is 14.8 Å². The van der Waals surface area contributed by atoms with Crippen LogP contribution in [0, 0.1) is 5.82 Å². The molecule has 0 bridgehead atoms. The normalized spacial score (nSPS) is 10.4. The van der Waals surface area contributed by atoms with Gasteiger partial charge in [0.2, 0.25) is 0 Å². The summed E-state index contributed by atoms with van der Waals surface area (Å²) in [7, 11) is 1.59. The van der Waals surface area contributed by atoms with Crippen LogP contribution in [0.5, 0.6) is 11.5 Å². The summed E-state index contributed by atoms with van der Waals surface area (Å²) in [6, 6.07) is 17.8. The van der Waals surface area contributed by atoms with Gasteiger partial charge in [-0.2, -0.15) is 0 Å². The highest BCUT2D eigenvalue weighted by Gasteiger charge is 2.12. The molecule has 30 heavy (non-hydrogen) atoms. The molecule has 160 valence electrons. The van der Waals surface area contributed by atoms with Crippen molar-refractivity contribution < 1.29 is 13.9 Å². The zero-order valence-electron chi connectivity index (χ0n) is 16.5. The second-order valence-corrected chi connectivity index (χ2v) is 7.33. The standard InChI is InChI=1S/C23H22Cl2FNO2.ClH/c1-28-22-8-4-6-17(23(22)29-15-18-5-2-3-7-21(18)26)14-27-12-11-16-9-10-19(24)13-20(16)25;/h2-10,13,27H,11-12,14-15H2,1H3;1H. The molecule has 3 aromatic rings. The lowest BCUT2D eigenvalue weighted by molar-refractivity contribution is 0.276. The maximum Gasteiger partial charge on any atom is 0.166 e. The van der Waals surface area contributed by atoms with Gasteiger partial charge in [0.15, 0.2) is 11.5 Å². The lowest BCUT2D eigenvalue weighted by atomic mass is 10.1. The van der Waals surface area contributed by atoms with Gasteiger partial charge >= 0.3 is 0 Å². The fourth-order valence-corrected chi connectivity index (χ4v) is 3.46. The first kappa shape index (κ1) is 24.3. The van der Waals surface area contributed by atoms with E-state index in [1.54, 1.807) is 31.4 Å². The minimum Gasteiger partial charge on any atom is -0.493 e. The lowest BCUT2D eigenvalue weighted by Gasteiger charge is -2.16. The fourth-order valence-electron chi connectivity index (χ4n) is 2.96. The number of methoxy groups -OCH3 is 1. The molecule has 0 amide bonds. The summed E-state index contributed by atoms with van der Waals surface area (Å²) in [6.45, 7) is 1.43. The highest BCUT2D eigenvalue weighted by Crippen LogP contribution is 2.32. The maximum absolute atomic E-state index is 13.9. The highest BCUT2D eigenvalue weighted by atomic mass is 35.5. The highest BCUT2D eigenvalue weighted by molar-refractivity contribution is 6.35. The van der Waals surface area contributed by atoms with E-state index < -0.39 is 0 Å². The minimum atomic E-state index is -0.290. The van der Waals surface area contributed by atoms with E-state index in [-0.39, 0.29) is 24.8 Å². The first-order chi connectivity index (χ1) is 14.1. The number of rotatable bonds is 9. The van der Waals surface area contributed by atoms with Crippen molar-refractivity contribution in [2.75, 3.05) is 13.7 Å². The van der Waals surface area contributed by atoms with E-state index in [1.165, 1.54) is 6.07 Å². The Bertz CT molecular complexity index is 969. The predicted molar refractivity (Wildman–Crippen MR) is 123 cm³/mol. The van der Waals surface area contributed by atoms with Crippen LogP contribution in [-0.4, -0.2) is 13.7 Å².